The van der Waals surface area contributed by atoms with Crippen molar-refractivity contribution in [1.29, 1.82) is 0 Å². The summed E-state index contributed by atoms with van der Waals surface area (Å²) < 4.78 is 25.8. The van der Waals surface area contributed by atoms with Gasteiger partial charge in [0.05, 0.1) is 18.8 Å². The van der Waals surface area contributed by atoms with Gasteiger partial charge in [0.2, 0.25) is 15.9 Å². The Morgan fingerprint density at radius 2 is 1.47 bits per heavy atom. The van der Waals surface area contributed by atoms with Gasteiger partial charge in [-0.25, -0.2) is 8.42 Å². The quantitative estimate of drug-likeness (QED) is 0.602. The molecule has 1 atom stereocenters. The maximum Gasteiger partial charge on any atom is 0.236 e. The Bertz CT molecular complexity index is 1080. The zero-order chi connectivity index (χ0) is 21.6. The van der Waals surface area contributed by atoms with E-state index < -0.39 is 10.0 Å². The number of hydrogen-bond acceptors (Lipinski definition) is 3. The Hall–Kier alpha value is -2.96. The summed E-state index contributed by atoms with van der Waals surface area (Å²) in [7, 11) is -3.56. The van der Waals surface area contributed by atoms with Gasteiger partial charge in [-0.15, -0.1) is 0 Å². The number of aryl methyl sites for hydroxylation is 1. The van der Waals surface area contributed by atoms with E-state index in [4.69, 9.17) is 0 Å². The van der Waals surface area contributed by atoms with E-state index in [-0.39, 0.29) is 25.0 Å². The second-order valence-corrected chi connectivity index (χ2v) is 9.27. The van der Waals surface area contributed by atoms with Gasteiger partial charge in [-0.2, -0.15) is 4.31 Å². The van der Waals surface area contributed by atoms with Crippen LogP contribution in [0.5, 0.6) is 0 Å². The molecule has 0 aliphatic heterocycles. The molecule has 0 unspecified atom stereocenters. The molecule has 0 aliphatic rings. The minimum atomic E-state index is -3.56. The van der Waals surface area contributed by atoms with Gasteiger partial charge >= 0.3 is 0 Å². The normalized spacial score (nSPS) is 12.5. The summed E-state index contributed by atoms with van der Waals surface area (Å²) in [5, 5.41) is 3.03. The van der Waals surface area contributed by atoms with Crippen molar-refractivity contribution in [3.63, 3.8) is 0 Å². The summed E-state index contributed by atoms with van der Waals surface area (Å²) in [5.74, 6) is -0.353. The van der Waals surface area contributed by atoms with Crippen LogP contribution >= 0.6 is 0 Å². The van der Waals surface area contributed by atoms with Gasteiger partial charge in [0.25, 0.3) is 0 Å². The van der Waals surface area contributed by atoms with E-state index in [0.717, 1.165) is 28.5 Å². The lowest BCUT2D eigenvalue weighted by atomic mass is 9.95. The zero-order valence-corrected chi connectivity index (χ0v) is 18.0. The van der Waals surface area contributed by atoms with Crippen molar-refractivity contribution in [2.45, 2.75) is 19.5 Å². The molecule has 1 amide bonds. The van der Waals surface area contributed by atoms with E-state index >= 15 is 0 Å². The molecule has 3 rings (SSSR count). The van der Waals surface area contributed by atoms with E-state index in [0.29, 0.717) is 0 Å². The minimum absolute atomic E-state index is 0.146. The van der Waals surface area contributed by atoms with Crippen LogP contribution in [0.1, 0.15) is 28.3 Å². The van der Waals surface area contributed by atoms with Crippen LogP contribution in [-0.2, 0) is 21.4 Å². The Kier molecular flexibility index (Phi) is 7.03. The Labute approximate surface area is 178 Å². The monoisotopic (exact) mass is 422 g/mol. The second kappa shape index (κ2) is 9.69. The van der Waals surface area contributed by atoms with E-state index in [1.165, 1.54) is 4.31 Å². The van der Waals surface area contributed by atoms with Crippen LogP contribution in [0.2, 0.25) is 0 Å². The van der Waals surface area contributed by atoms with E-state index in [9.17, 15) is 13.2 Å². The number of amides is 1. The molecule has 6 heteroatoms. The molecule has 0 fully saturated rings. The van der Waals surface area contributed by atoms with Gasteiger partial charge in [-0.3, -0.25) is 4.79 Å². The third-order valence-corrected chi connectivity index (χ3v) is 6.12. The van der Waals surface area contributed by atoms with Crippen molar-refractivity contribution in [2.75, 3.05) is 12.8 Å². The highest BCUT2D eigenvalue weighted by atomic mass is 32.2. The Balaban J connectivity index is 1.83. The van der Waals surface area contributed by atoms with Crippen molar-refractivity contribution < 1.29 is 13.2 Å². The number of nitrogens with zero attached hydrogens (tertiary/aromatic N) is 1. The van der Waals surface area contributed by atoms with Gasteiger partial charge in [0.15, 0.2) is 0 Å². The highest BCUT2D eigenvalue weighted by Crippen LogP contribution is 2.25. The first-order valence-corrected chi connectivity index (χ1v) is 11.6. The van der Waals surface area contributed by atoms with Crippen molar-refractivity contribution in [1.82, 2.24) is 9.62 Å². The topological polar surface area (TPSA) is 66.5 Å². The molecule has 0 heterocycles. The van der Waals surface area contributed by atoms with Crippen LogP contribution in [0.25, 0.3) is 0 Å². The molecule has 0 aromatic heterocycles. The van der Waals surface area contributed by atoms with E-state index in [2.05, 4.69) is 5.32 Å². The predicted molar refractivity (Wildman–Crippen MR) is 119 cm³/mol. The molecule has 3 aromatic carbocycles. The lowest BCUT2D eigenvalue weighted by Crippen LogP contribution is -2.41. The first-order valence-electron chi connectivity index (χ1n) is 9.73. The van der Waals surface area contributed by atoms with Gasteiger partial charge in [0.1, 0.15) is 0 Å². The second-order valence-electron chi connectivity index (χ2n) is 7.28. The summed E-state index contributed by atoms with van der Waals surface area (Å²) in [6, 6.07) is 26.4. The van der Waals surface area contributed by atoms with E-state index in [1.54, 1.807) is 0 Å². The molecular formula is C24H26N2O3S. The number of carbonyl (C=O) groups excluding carboxylic acids is 1. The average molecular weight is 423 g/mol. The molecular weight excluding hydrogens is 396 g/mol. The van der Waals surface area contributed by atoms with Crippen molar-refractivity contribution in [2.24, 2.45) is 0 Å². The minimum Gasteiger partial charge on any atom is -0.344 e. The number of carbonyl (C=O) groups is 1. The van der Waals surface area contributed by atoms with Crippen LogP contribution in [0.3, 0.4) is 0 Å². The number of benzene rings is 3. The summed E-state index contributed by atoms with van der Waals surface area (Å²) in [5.41, 5.74) is 3.80. The molecule has 0 radical (unpaired) electrons. The SMILES string of the molecule is Cc1ccccc1[C@H](NC(=O)CN(Cc1ccccc1)S(C)(=O)=O)c1ccccc1. The standard InChI is InChI=1S/C24H26N2O3S/c1-19-11-9-10-16-22(19)24(21-14-7-4-8-15-21)25-23(27)18-26(30(2,28)29)17-20-12-5-3-6-13-20/h3-16,24H,17-18H2,1-2H3,(H,25,27)/t24-/m1/s1. The molecule has 0 bridgehead atoms. The highest BCUT2D eigenvalue weighted by molar-refractivity contribution is 7.88. The molecule has 0 saturated heterocycles. The zero-order valence-electron chi connectivity index (χ0n) is 17.2. The largest absolute Gasteiger partial charge is 0.344 e. The third-order valence-electron chi connectivity index (χ3n) is 4.93. The first kappa shape index (κ1) is 21.7. The molecule has 156 valence electrons. The van der Waals surface area contributed by atoms with Crippen LogP contribution in [0, 0.1) is 6.92 Å². The number of sulfonamides is 1. The lowest BCUT2D eigenvalue weighted by molar-refractivity contribution is -0.121. The number of nitrogens with one attached hydrogen (secondary N) is 1. The maximum absolute atomic E-state index is 12.9. The van der Waals surface area contributed by atoms with Crippen molar-refractivity contribution >= 4 is 15.9 Å². The van der Waals surface area contributed by atoms with Crippen molar-refractivity contribution in [3.05, 3.63) is 107 Å². The van der Waals surface area contributed by atoms with Crippen LogP contribution < -0.4 is 5.32 Å². The van der Waals surface area contributed by atoms with Gasteiger partial charge in [0, 0.05) is 6.54 Å². The molecule has 0 saturated carbocycles. The van der Waals surface area contributed by atoms with Crippen LogP contribution in [-0.4, -0.2) is 31.4 Å². The van der Waals surface area contributed by atoms with Gasteiger partial charge < -0.3 is 5.32 Å². The van der Waals surface area contributed by atoms with Gasteiger partial charge in [-0.1, -0.05) is 84.9 Å². The van der Waals surface area contributed by atoms with Crippen molar-refractivity contribution in [3.8, 4) is 0 Å². The smallest absolute Gasteiger partial charge is 0.236 e. The molecule has 0 aliphatic carbocycles. The fourth-order valence-electron chi connectivity index (χ4n) is 3.34. The Morgan fingerprint density at radius 1 is 0.900 bits per heavy atom. The molecule has 30 heavy (non-hydrogen) atoms. The molecule has 5 nitrogen and oxygen atoms in total. The van der Waals surface area contributed by atoms with E-state index in [1.807, 2.05) is 91.9 Å². The fourth-order valence-corrected chi connectivity index (χ4v) is 4.08. The molecule has 3 aromatic rings. The lowest BCUT2D eigenvalue weighted by Gasteiger charge is -2.24. The summed E-state index contributed by atoms with van der Waals surface area (Å²) >= 11 is 0. The molecule has 0 spiro atoms. The summed E-state index contributed by atoms with van der Waals surface area (Å²) in [4.78, 5) is 12.9. The summed E-state index contributed by atoms with van der Waals surface area (Å²) in [6.07, 6.45) is 1.12. The number of rotatable bonds is 8. The Morgan fingerprint density at radius 3 is 2.07 bits per heavy atom. The number of hydrogen-bond donors (Lipinski definition) is 1. The highest BCUT2D eigenvalue weighted by Gasteiger charge is 2.24. The van der Waals surface area contributed by atoms with Crippen LogP contribution in [0.15, 0.2) is 84.9 Å². The third kappa shape index (κ3) is 5.78. The predicted octanol–water partition coefficient (Wildman–Crippen LogP) is 3.66. The molecule has 1 N–H and O–H groups in total. The average Bonchev–Trinajstić information content (AvgIpc) is 2.73. The van der Waals surface area contributed by atoms with Gasteiger partial charge in [-0.05, 0) is 29.2 Å². The van der Waals surface area contributed by atoms with Crippen LogP contribution in [0.4, 0.5) is 0 Å². The fraction of sp³-hybridized carbons (Fsp3) is 0.208. The summed E-state index contributed by atoms with van der Waals surface area (Å²) in [6.45, 7) is 1.89. The maximum atomic E-state index is 12.9. The first-order chi connectivity index (χ1) is 14.3.